The molecule has 0 saturated carbocycles. The van der Waals surface area contributed by atoms with Crippen molar-refractivity contribution in [1.82, 2.24) is 0 Å². The first-order chi connectivity index (χ1) is 27.7. The molecule has 57 heavy (non-hydrogen) atoms. The molecular weight excluding hydrogens is 732 g/mol. The molecule has 0 heterocycles. The molecule has 0 unspecified atom stereocenters. The molecule has 0 aromatic heterocycles. The van der Waals surface area contributed by atoms with Gasteiger partial charge in [0.25, 0.3) is 0 Å². The number of hydrogen-bond acceptors (Lipinski definition) is 13. The highest BCUT2D eigenvalue weighted by atomic mass is 16.7. The minimum atomic E-state index is -0.516. The fourth-order valence-corrected chi connectivity index (χ4v) is 4.75. The van der Waals surface area contributed by atoms with Crippen LogP contribution in [0.25, 0.3) is 0 Å². The second kappa shape index (κ2) is 23.7. The molecule has 0 aliphatic heterocycles. The quantitative estimate of drug-likeness (QED) is 0.0100. The van der Waals surface area contributed by atoms with Crippen molar-refractivity contribution in [2.45, 2.75) is 32.6 Å². The van der Waals surface area contributed by atoms with Gasteiger partial charge in [0.05, 0.1) is 50.0 Å². The molecule has 4 aromatic carbocycles. The summed E-state index contributed by atoms with van der Waals surface area (Å²) >= 11 is 0. The molecule has 0 radical (unpaired) electrons. The first kappa shape index (κ1) is 42.7. The maximum Gasteiger partial charge on any atom is 0.343 e. The normalized spacial score (nSPS) is 10.8. The average Bonchev–Trinajstić information content (AvgIpc) is 3.23. The van der Waals surface area contributed by atoms with Gasteiger partial charge in [0.2, 0.25) is 6.79 Å². The van der Waals surface area contributed by atoms with E-state index in [0.717, 1.165) is 24.1 Å². The summed E-state index contributed by atoms with van der Waals surface area (Å²) in [6, 6.07) is 25.5. The molecule has 0 fully saturated rings. The smallest absolute Gasteiger partial charge is 0.343 e. The summed E-state index contributed by atoms with van der Waals surface area (Å²) in [5, 5.41) is 8.19. The van der Waals surface area contributed by atoms with Gasteiger partial charge in [-0.25, -0.2) is 14.4 Å². The predicted molar refractivity (Wildman–Crippen MR) is 214 cm³/mol. The molecule has 0 aliphatic carbocycles. The van der Waals surface area contributed by atoms with Gasteiger partial charge in [-0.05, 0) is 135 Å². The second-order valence-electron chi connectivity index (χ2n) is 12.0. The van der Waals surface area contributed by atoms with Crippen LogP contribution < -0.4 is 23.7 Å². The number of hydrogen-bond donors (Lipinski definition) is 0. The molecule has 0 spiro atoms. The van der Waals surface area contributed by atoms with Crippen LogP contribution in [0.15, 0.2) is 127 Å². The first-order valence-electron chi connectivity index (χ1n) is 18.1. The third kappa shape index (κ3) is 15.7. The van der Waals surface area contributed by atoms with E-state index >= 15 is 0 Å². The third-order valence-corrected chi connectivity index (χ3v) is 7.74. The highest BCUT2D eigenvalue weighted by Crippen LogP contribution is 2.23. The Hall–Kier alpha value is -7.02. The lowest BCUT2D eigenvalue weighted by atomic mass is 10.1. The van der Waals surface area contributed by atoms with E-state index in [4.69, 9.17) is 33.2 Å². The van der Waals surface area contributed by atoms with E-state index in [1.165, 1.54) is 13.1 Å². The first-order valence-corrected chi connectivity index (χ1v) is 18.1. The van der Waals surface area contributed by atoms with Gasteiger partial charge in [0, 0.05) is 12.2 Å². The number of rotatable bonds is 24. The van der Waals surface area contributed by atoms with Crippen LogP contribution in [0, 0.1) is 0 Å². The van der Waals surface area contributed by atoms with Crippen molar-refractivity contribution in [3.8, 4) is 28.7 Å². The Bertz CT molecular complexity index is 2010. The van der Waals surface area contributed by atoms with Gasteiger partial charge in [-0.1, -0.05) is 13.2 Å². The molecule has 0 atom stereocenters. The van der Waals surface area contributed by atoms with E-state index in [0.29, 0.717) is 91.1 Å². The topological polar surface area (TPSA) is 158 Å². The van der Waals surface area contributed by atoms with Crippen LogP contribution in [0.4, 0.5) is 0 Å². The third-order valence-electron chi connectivity index (χ3n) is 7.74. The van der Waals surface area contributed by atoms with Crippen LogP contribution in [0.3, 0.4) is 0 Å². The second-order valence-corrected chi connectivity index (χ2v) is 12.0. The zero-order chi connectivity index (χ0) is 40.7. The number of benzene rings is 4. The van der Waals surface area contributed by atoms with Gasteiger partial charge < -0.3 is 33.2 Å². The van der Waals surface area contributed by atoms with Gasteiger partial charge in [-0.2, -0.15) is 10.2 Å². The predicted octanol–water partition coefficient (Wildman–Crippen LogP) is 7.75. The monoisotopic (exact) mass is 776 g/mol. The number of nitrogens with zero attached hydrogens (tertiary/aromatic N) is 2. The molecule has 0 amide bonds. The van der Waals surface area contributed by atoms with Gasteiger partial charge in [-0.3, -0.25) is 4.79 Å². The van der Waals surface area contributed by atoms with Crippen LogP contribution >= 0.6 is 0 Å². The number of ketones is 1. The van der Waals surface area contributed by atoms with E-state index in [1.54, 1.807) is 97.2 Å². The van der Waals surface area contributed by atoms with Crippen molar-refractivity contribution in [3.63, 3.8) is 0 Å². The average molecular weight is 777 g/mol. The molecule has 0 bridgehead atoms. The summed E-state index contributed by atoms with van der Waals surface area (Å²) in [6.07, 6.45) is 8.08. The molecule has 0 N–H and O–H groups in total. The molecular formula is C44H44N2O11. The fourth-order valence-electron chi connectivity index (χ4n) is 4.75. The Morgan fingerprint density at radius 3 is 1.58 bits per heavy atom. The number of carbonyl (C=O) groups excluding carboxylic acids is 4. The van der Waals surface area contributed by atoms with Crippen molar-refractivity contribution in [2.75, 3.05) is 33.2 Å². The Balaban J connectivity index is 1.17. The molecule has 296 valence electrons. The summed E-state index contributed by atoms with van der Waals surface area (Å²) in [7, 11) is 0. The number of unbranched alkanes of at least 4 members (excludes halogenated alkanes) is 2. The van der Waals surface area contributed by atoms with E-state index in [1.807, 2.05) is 0 Å². The molecule has 13 heteroatoms. The minimum Gasteiger partial charge on any atom is -0.494 e. The van der Waals surface area contributed by atoms with Crippen molar-refractivity contribution in [3.05, 3.63) is 139 Å². The van der Waals surface area contributed by atoms with Crippen LogP contribution in [0.1, 0.15) is 64.4 Å². The standard InChI is InChI=1S/C44H44N2O11/c1-4-42(48)53-26-8-6-24-51-36-17-13-35(14-18-36)44(50)57-39-15-10-33(11-16-39)29-45-46-30-34-12-23-41(40(28-34)32(3)47)56-31-55-38-21-19-37(20-22-38)52-25-7-9-27-54-43(49)5-2/h4-5,10-23,28-30H,1-2,6-9,24-27,31H2,3H3/b45-29+,46-30+. The largest absolute Gasteiger partial charge is 0.494 e. The number of carbonyl (C=O) groups is 4. The lowest BCUT2D eigenvalue weighted by Gasteiger charge is -2.12. The van der Waals surface area contributed by atoms with Crippen molar-refractivity contribution >= 4 is 36.1 Å². The highest BCUT2D eigenvalue weighted by molar-refractivity contribution is 5.98. The summed E-state index contributed by atoms with van der Waals surface area (Å²) in [6.45, 7) is 9.56. The fraction of sp³-hybridized carbons (Fsp3) is 0.227. The van der Waals surface area contributed by atoms with Crippen molar-refractivity contribution in [2.24, 2.45) is 10.2 Å². The maximum absolute atomic E-state index is 12.6. The van der Waals surface area contributed by atoms with Gasteiger partial charge in [0.1, 0.15) is 28.7 Å². The summed E-state index contributed by atoms with van der Waals surface area (Å²) in [5.41, 5.74) is 2.10. The maximum atomic E-state index is 12.6. The summed E-state index contributed by atoms with van der Waals surface area (Å²) in [4.78, 5) is 47.1. The van der Waals surface area contributed by atoms with Crippen LogP contribution in [0.2, 0.25) is 0 Å². The van der Waals surface area contributed by atoms with Crippen LogP contribution in [-0.4, -0.2) is 69.3 Å². The van der Waals surface area contributed by atoms with E-state index in [2.05, 4.69) is 23.4 Å². The van der Waals surface area contributed by atoms with E-state index in [9.17, 15) is 19.2 Å². The van der Waals surface area contributed by atoms with Crippen LogP contribution in [-0.2, 0) is 19.1 Å². The van der Waals surface area contributed by atoms with Crippen LogP contribution in [0.5, 0.6) is 28.7 Å². The molecule has 4 rings (SSSR count). The molecule has 0 saturated heterocycles. The Labute approximate surface area is 331 Å². The van der Waals surface area contributed by atoms with Gasteiger partial charge in [0.15, 0.2) is 5.78 Å². The number of Topliss-reactive ketones (excluding diaryl/α,β-unsaturated/α-hetero) is 1. The van der Waals surface area contributed by atoms with Gasteiger partial charge in [-0.15, -0.1) is 0 Å². The van der Waals surface area contributed by atoms with E-state index in [-0.39, 0.29) is 12.6 Å². The van der Waals surface area contributed by atoms with Crippen molar-refractivity contribution in [1.29, 1.82) is 0 Å². The Morgan fingerprint density at radius 1 is 0.561 bits per heavy atom. The molecule has 13 nitrogen and oxygen atoms in total. The SMILES string of the molecule is C=CC(=O)OCCCCOc1ccc(OCOc2ccc(/C=N/N=C/c3ccc(OC(=O)c4ccc(OCCCCOC(=O)C=C)cc4)cc3)cc2C(C)=O)cc1. The minimum absolute atomic E-state index is 0.122. The lowest BCUT2D eigenvalue weighted by Crippen LogP contribution is -2.09. The number of esters is 3. The zero-order valence-corrected chi connectivity index (χ0v) is 31.6. The van der Waals surface area contributed by atoms with Gasteiger partial charge >= 0.3 is 17.9 Å². The summed E-state index contributed by atoms with van der Waals surface area (Å²) < 4.78 is 38.2. The Morgan fingerprint density at radius 2 is 1.04 bits per heavy atom. The van der Waals surface area contributed by atoms with E-state index < -0.39 is 17.9 Å². The number of ether oxygens (including phenoxy) is 7. The Kier molecular flexibility index (Phi) is 17.8. The van der Waals surface area contributed by atoms with Crippen molar-refractivity contribution < 1.29 is 52.3 Å². The zero-order valence-electron chi connectivity index (χ0n) is 31.6. The highest BCUT2D eigenvalue weighted by Gasteiger charge is 2.11. The molecule has 4 aromatic rings. The summed E-state index contributed by atoms with van der Waals surface area (Å²) in [5.74, 6) is 0.972. The lowest BCUT2D eigenvalue weighted by molar-refractivity contribution is -0.138. The molecule has 0 aliphatic rings.